The molecule has 3 aromatic rings. The first-order valence-corrected chi connectivity index (χ1v) is 8.10. The Bertz CT molecular complexity index is 802. The summed E-state index contributed by atoms with van der Waals surface area (Å²) in [5.74, 6) is 0.602. The zero-order valence-corrected chi connectivity index (χ0v) is 14.0. The van der Waals surface area contributed by atoms with Crippen LogP contribution in [0.1, 0.15) is 6.42 Å². The fourth-order valence-electron chi connectivity index (χ4n) is 2.61. The van der Waals surface area contributed by atoms with Crippen LogP contribution in [0.3, 0.4) is 0 Å². The number of nitrogens with one attached hydrogen (secondary N) is 2. The van der Waals surface area contributed by atoms with Gasteiger partial charge in [-0.05, 0) is 38.2 Å². The van der Waals surface area contributed by atoms with Crippen molar-refractivity contribution in [2.45, 2.75) is 6.42 Å². The van der Waals surface area contributed by atoms with E-state index in [-0.39, 0.29) is 0 Å². The Labute approximate surface area is 142 Å². The molecule has 0 radical (unpaired) electrons. The van der Waals surface area contributed by atoms with E-state index in [0.29, 0.717) is 5.88 Å². The van der Waals surface area contributed by atoms with Crippen molar-refractivity contribution in [3.8, 4) is 17.1 Å². The predicted molar refractivity (Wildman–Crippen MR) is 98.6 cm³/mol. The van der Waals surface area contributed by atoms with Crippen LogP contribution in [0.5, 0.6) is 5.88 Å². The fraction of sp³-hybridized carbons (Fsp3) is 0.263. The lowest BCUT2D eigenvalue weighted by Crippen LogP contribution is -2.13. The lowest BCUT2D eigenvalue weighted by atomic mass is 10.1. The van der Waals surface area contributed by atoms with Crippen molar-refractivity contribution in [2.24, 2.45) is 0 Å². The highest BCUT2D eigenvalue weighted by molar-refractivity contribution is 5.93. The molecule has 0 aliphatic heterocycles. The number of benzene rings is 1. The number of hydrogen-bond donors (Lipinski definition) is 2. The maximum Gasteiger partial charge on any atom is 0.212 e. The zero-order valence-electron chi connectivity index (χ0n) is 14.0. The van der Waals surface area contributed by atoms with Gasteiger partial charge in [-0.3, -0.25) is 0 Å². The SMILES string of the molecule is CNCCCNc1cc(-c2ccc(OC)nc2)nc2ccccc12. The molecule has 3 rings (SSSR count). The lowest BCUT2D eigenvalue weighted by molar-refractivity contribution is 0.398. The molecule has 0 spiro atoms. The molecule has 0 amide bonds. The van der Waals surface area contributed by atoms with Crippen molar-refractivity contribution < 1.29 is 4.74 Å². The van der Waals surface area contributed by atoms with Gasteiger partial charge in [0, 0.05) is 35.4 Å². The van der Waals surface area contributed by atoms with Crippen molar-refractivity contribution in [1.29, 1.82) is 0 Å². The maximum absolute atomic E-state index is 5.13. The van der Waals surface area contributed by atoms with Gasteiger partial charge < -0.3 is 15.4 Å². The minimum Gasteiger partial charge on any atom is -0.481 e. The van der Waals surface area contributed by atoms with E-state index in [1.54, 1.807) is 13.3 Å². The molecule has 0 saturated carbocycles. The van der Waals surface area contributed by atoms with Crippen LogP contribution < -0.4 is 15.4 Å². The number of ether oxygens (including phenoxy) is 1. The van der Waals surface area contributed by atoms with Gasteiger partial charge in [0.05, 0.1) is 18.3 Å². The average Bonchev–Trinajstić information content (AvgIpc) is 2.65. The van der Waals surface area contributed by atoms with Crippen LogP contribution in [-0.2, 0) is 0 Å². The van der Waals surface area contributed by atoms with E-state index in [2.05, 4.69) is 27.8 Å². The molecular formula is C19H22N4O. The van der Waals surface area contributed by atoms with Gasteiger partial charge in [-0.2, -0.15) is 0 Å². The average molecular weight is 322 g/mol. The Kier molecular flexibility index (Phi) is 5.23. The molecule has 5 nitrogen and oxygen atoms in total. The maximum atomic E-state index is 5.13. The van der Waals surface area contributed by atoms with Crippen molar-refractivity contribution in [1.82, 2.24) is 15.3 Å². The summed E-state index contributed by atoms with van der Waals surface area (Å²) < 4.78 is 5.13. The van der Waals surface area contributed by atoms with Crippen LogP contribution >= 0.6 is 0 Å². The van der Waals surface area contributed by atoms with Crippen LogP contribution in [0, 0.1) is 0 Å². The van der Waals surface area contributed by atoms with E-state index in [0.717, 1.165) is 47.4 Å². The summed E-state index contributed by atoms with van der Waals surface area (Å²) in [6.07, 6.45) is 2.85. The highest BCUT2D eigenvalue weighted by atomic mass is 16.5. The molecular weight excluding hydrogens is 300 g/mol. The van der Waals surface area contributed by atoms with Gasteiger partial charge in [-0.15, -0.1) is 0 Å². The molecule has 2 aromatic heterocycles. The number of para-hydroxylation sites is 1. The number of anilines is 1. The highest BCUT2D eigenvalue weighted by Crippen LogP contribution is 2.28. The number of aromatic nitrogens is 2. The number of pyridine rings is 2. The monoisotopic (exact) mass is 322 g/mol. The van der Waals surface area contributed by atoms with Gasteiger partial charge >= 0.3 is 0 Å². The lowest BCUT2D eigenvalue weighted by Gasteiger charge is -2.12. The number of fused-ring (bicyclic) bond motifs is 1. The largest absolute Gasteiger partial charge is 0.481 e. The standard InChI is InChI=1S/C19H22N4O/c1-20-10-5-11-21-18-12-17(14-8-9-19(24-2)22-13-14)23-16-7-4-3-6-15(16)18/h3-4,6-9,12-13,20H,5,10-11H2,1-2H3,(H,21,23). The normalized spacial score (nSPS) is 10.8. The summed E-state index contributed by atoms with van der Waals surface area (Å²) >= 11 is 0. The summed E-state index contributed by atoms with van der Waals surface area (Å²) in [5.41, 5.74) is 3.95. The van der Waals surface area contributed by atoms with Crippen LogP contribution in [0.25, 0.3) is 22.2 Å². The van der Waals surface area contributed by atoms with Crippen LogP contribution in [0.15, 0.2) is 48.7 Å². The van der Waals surface area contributed by atoms with Gasteiger partial charge in [0.2, 0.25) is 5.88 Å². The Morgan fingerprint density at radius 3 is 2.71 bits per heavy atom. The van der Waals surface area contributed by atoms with Gasteiger partial charge in [0.15, 0.2) is 0 Å². The second-order valence-corrected chi connectivity index (χ2v) is 5.55. The van der Waals surface area contributed by atoms with Crippen LogP contribution in [0.4, 0.5) is 5.69 Å². The first kappa shape index (κ1) is 16.2. The molecule has 124 valence electrons. The van der Waals surface area contributed by atoms with Gasteiger partial charge in [-0.1, -0.05) is 18.2 Å². The number of methoxy groups -OCH3 is 1. The van der Waals surface area contributed by atoms with Gasteiger partial charge in [0.25, 0.3) is 0 Å². The molecule has 0 bridgehead atoms. The van der Waals surface area contributed by atoms with E-state index in [9.17, 15) is 0 Å². The van der Waals surface area contributed by atoms with Crippen LogP contribution in [-0.4, -0.2) is 37.2 Å². The van der Waals surface area contributed by atoms with Gasteiger partial charge in [0.1, 0.15) is 0 Å². The number of rotatable bonds is 7. The van der Waals surface area contributed by atoms with Crippen LogP contribution in [0.2, 0.25) is 0 Å². The topological polar surface area (TPSA) is 59.1 Å². The Morgan fingerprint density at radius 1 is 1.08 bits per heavy atom. The highest BCUT2D eigenvalue weighted by Gasteiger charge is 2.08. The molecule has 0 atom stereocenters. The van der Waals surface area contributed by atoms with Gasteiger partial charge in [-0.25, -0.2) is 9.97 Å². The third-order valence-electron chi connectivity index (χ3n) is 3.88. The Morgan fingerprint density at radius 2 is 1.96 bits per heavy atom. The van der Waals surface area contributed by atoms with Crippen molar-refractivity contribution in [2.75, 3.05) is 32.6 Å². The predicted octanol–water partition coefficient (Wildman–Crippen LogP) is 3.33. The Hall–Kier alpha value is -2.66. The summed E-state index contributed by atoms with van der Waals surface area (Å²) in [6, 6.07) is 14.1. The molecule has 24 heavy (non-hydrogen) atoms. The number of nitrogens with zero attached hydrogens (tertiary/aromatic N) is 2. The first-order valence-electron chi connectivity index (χ1n) is 8.10. The minimum atomic E-state index is 0.602. The van der Waals surface area contributed by atoms with Crippen molar-refractivity contribution in [3.05, 3.63) is 48.7 Å². The van der Waals surface area contributed by atoms with E-state index in [1.807, 2.05) is 37.4 Å². The third kappa shape index (κ3) is 3.63. The molecule has 0 fully saturated rings. The molecule has 2 N–H and O–H groups in total. The summed E-state index contributed by atoms with van der Waals surface area (Å²) in [7, 11) is 3.58. The molecule has 0 saturated heterocycles. The molecule has 5 heteroatoms. The summed E-state index contributed by atoms with van der Waals surface area (Å²) in [6.45, 7) is 1.90. The molecule has 0 aliphatic rings. The summed E-state index contributed by atoms with van der Waals surface area (Å²) in [4.78, 5) is 9.05. The fourth-order valence-corrected chi connectivity index (χ4v) is 2.61. The smallest absolute Gasteiger partial charge is 0.212 e. The second kappa shape index (κ2) is 7.75. The number of hydrogen-bond acceptors (Lipinski definition) is 5. The van der Waals surface area contributed by atoms with E-state index in [4.69, 9.17) is 9.72 Å². The first-order chi connectivity index (χ1) is 11.8. The van der Waals surface area contributed by atoms with E-state index in [1.165, 1.54) is 0 Å². The van der Waals surface area contributed by atoms with Crippen molar-refractivity contribution in [3.63, 3.8) is 0 Å². The Balaban J connectivity index is 1.95. The minimum absolute atomic E-state index is 0.602. The molecule has 0 unspecified atom stereocenters. The zero-order chi connectivity index (χ0) is 16.8. The third-order valence-corrected chi connectivity index (χ3v) is 3.88. The molecule has 0 aliphatic carbocycles. The summed E-state index contributed by atoms with van der Waals surface area (Å²) in [5, 5.41) is 7.83. The molecule has 2 heterocycles. The second-order valence-electron chi connectivity index (χ2n) is 5.55. The quantitative estimate of drug-likeness (QED) is 0.654. The molecule has 1 aromatic carbocycles. The van der Waals surface area contributed by atoms with Crippen molar-refractivity contribution >= 4 is 16.6 Å². The van der Waals surface area contributed by atoms with E-state index >= 15 is 0 Å². The van der Waals surface area contributed by atoms with E-state index < -0.39 is 0 Å².